The minimum atomic E-state index is -1.62. The van der Waals surface area contributed by atoms with Crippen LogP contribution < -0.4 is 0 Å². The first-order valence-corrected chi connectivity index (χ1v) is 7.59. The van der Waals surface area contributed by atoms with Crippen molar-refractivity contribution in [3.63, 3.8) is 0 Å². The van der Waals surface area contributed by atoms with Gasteiger partial charge in [-0.05, 0) is 36.5 Å². The van der Waals surface area contributed by atoms with E-state index < -0.39 is 23.1 Å². The number of nitrogens with zero attached hydrogens (tertiary/aromatic N) is 1. The number of morpholine rings is 1. The summed E-state index contributed by atoms with van der Waals surface area (Å²) in [7, 11) is 0. The molecule has 1 heterocycles. The largest absolute Gasteiger partial charge is 0.479 e. The second-order valence-electron chi connectivity index (χ2n) is 6.01. The number of carboxylic acid groups (broad SMARTS) is 1. The normalized spacial score (nSPS) is 21.7. The van der Waals surface area contributed by atoms with Crippen LogP contribution in [0.25, 0.3) is 0 Å². The number of carboxylic acids is 1. The van der Waals surface area contributed by atoms with E-state index >= 15 is 0 Å². The number of ether oxygens (including phenoxy) is 1. The summed E-state index contributed by atoms with van der Waals surface area (Å²) in [6.45, 7) is 0.487. The van der Waals surface area contributed by atoms with E-state index in [2.05, 4.69) is 0 Å². The quantitative estimate of drug-likeness (QED) is 0.892. The fraction of sp³-hybridized carbons (Fsp3) is 0.500. The Labute approximate surface area is 132 Å². The second kappa shape index (κ2) is 5.88. The van der Waals surface area contributed by atoms with Crippen LogP contribution in [0.5, 0.6) is 0 Å². The minimum Gasteiger partial charge on any atom is -0.479 e. The Morgan fingerprint density at radius 3 is 2.43 bits per heavy atom. The molecule has 1 saturated carbocycles. The van der Waals surface area contributed by atoms with Gasteiger partial charge in [0, 0.05) is 12.6 Å². The van der Waals surface area contributed by atoms with Crippen LogP contribution in [0.2, 0.25) is 0 Å². The fourth-order valence-corrected chi connectivity index (χ4v) is 3.55. The highest BCUT2D eigenvalue weighted by Crippen LogP contribution is 2.47. The average molecular weight is 324 g/mol. The van der Waals surface area contributed by atoms with Crippen molar-refractivity contribution < 1.29 is 23.4 Å². The summed E-state index contributed by atoms with van der Waals surface area (Å²) in [5.41, 5.74) is -1.57. The Bertz CT molecular complexity index is 628. The molecule has 1 aromatic carbocycles. The number of benzene rings is 1. The van der Waals surface area contributed by atoms with Crippen LogP contribution in [-0.4, -0.2) is 41.6 Å². The van der Waals surface area contributed by atoms with Crippen LogP contribution >= 0.6 is 0 Å². The van der Waals surface area contributed by atoms with Crippen LogP contribution in [0.3, 0.4) is 0 Å². The molecular weight excluding hydrogens is 306 g/mol. The van der Waals surface area contributed by atoms with Crippen molar-refractivity contribution in [2.75, 3.05) is 19.8 Å². The maximum absolute atomic E-state index is 13.7. The number of rotatable bonds is 4. The van der Waals surface area contributed by atoms with Gasteiger partial charge >= 0.3 is 5.97 Å². The van der Waals surface area contributed by atoms with E-state index in [4.69, 9.17) is 10.1 Å². The summed E-state index contributed by atoms with van der Waals surface area (Å²) in [5.74, 6) is -3.08. The summed E-state index contributed by atoms with van der Waals surface area (Å²) in [4.78, 5) is 13.7. The Morgan fingerprint density at radius 2 is 1.96 bits per heavy atom. The number of hydrogen-bond acceptors (Lipinski definition) is 3. The lowest BCUT2D eigenvalue weighted by Gasteiger charge is -2.51. The van der Waals surface area contributed by atoms with Crippen molar-refractivity contribution in [3.05, 3.63) is 35.4 Å². The lowest BCUT2D eigenvalue weighted by molar-refractivity contribution is -0.158. The number of aliphatic carboxylic acids is 1. The third-order valence-electron chi connectivity index (χ3n) is 4.77. The number of hydrogen-bond donors (Lipinski definition) is 2. The van der Waals surface area contributed by atoms with Crippen LogP contribution in [-0.2, 0) is 15.1 Å². The van der Waals surface area contributed by atoms with Crippen molar-refractivity contribution in [1.82, 2.24) is 4.90 Å². The zero-order valence-electron chi connectivity index (χ0n) is 12.5. The molecule has 2 aliphatic rings. The zero-order chi connectivity index (χ0) is 16.6. The molecule has 124 valence electrons. The molecule has 3 rings (SSSR count). The van der Waals surface area contributed by atoms with Crippen LogP contribution in [0.1, 0.15) is 24.8 Å². The highest BCUT2D eigenvalue weighted by Gasteiger charge is 2.55. The molecule has 0 spiro atoms. The van der Waals surface area contributed by atoms with Gasteiger partial charge in [0.1, 0.15) is 24.1 Å². The summed E-state index contributed by atoms with van der Waals surface area (Å²) in [5, 5.41) is 18.1. The number of amidine groups is 1. The Hall–Kier alpha value is -2.02. The molecule has 2 fully saturated rings. The number of halogens is 2. The van der Waals surface area contributed by atoms with E-state index in [0.717, 1.165) is 24.6 Å². The van der Waals surface area contributed by atoms with E-state index in [1.165, 1.54) is 4.90 Å². The summed E-state index contributed by atoms with van der Waals surface area (Å²) < 4.78 is 32.7. The van der Waals surface area contributed by atoms with Gasteiger partial charge in [0.2, 0.25) is 0 Å². The van der Waals surface area contributed by atoms with Crippen molar-refractivity contribution in [1.29, 1.82) is 5.41 Å². The molecule has 1 aliphatic carbocycles. The second-order valence-corrected chi connectivity index (χ2v) is 6.01. The van der Waals surface area contributed by atoms with Crippen LogP contribution in [0.4, 0.5) is 8.78 Å². The van der Waals surface area contributed by atoms with E-state index in [1.54, 1.807) is 0 Å². The predicted molar refractivity (Wildman–Crippen MR) is 78.3 cm³/mol. The maximum atomic E-state index is 13.7. The first kappa shape index (κ1) is 15.9. The standard InChI is InChI=1S/C16H18F2N2O3/c17-12-6-11(7-13(18)8-12)16(15(21)22,10-2-1-3-10)20-4-5-23-9-14(20)19/h6-8,10,19H,1-5,9H2,(H,21,22). The molecule has 5 nitrogen and oxygen atoms in total. The van der Waals surface area contributed by atoms with Gasteiger partial charge in [-0.2, -0.15) is 0 Å². The van der Waals surface area contributed by atoms with Gasteiger partial charge in [-0.3, -0.25) is 5.41 Å². The molecule has 1 saturated heterocycles. The van der Waals surface area contributed by atoms with Gasteiger partial charge in [0.25, 0.3) is 0 Å². The lowest BCUT2D eigenvalue weighted by atomic mass is 9.66. The Kier molecular flexibility index (Phi) is 4.06. The van der Waals surface area contributed by atoms with E-state index in [9.17, 15) is 18.7 Å². The summed E-state index contributed by atoms with van der Waals surface area (Å²) >= 11 is 0. The first-order valence-electron chi connectivity index (χ1n) is 7.59. The van der Waals surface area contributed by atoms with Gasteiger partial charge in [0.05, 0.1) is 6.61 Å². The van der Waals surface area contributed by atoms with Crippen LogP contribution in [0.15, 0.2) is 18.2 Å². The number of carbonyl (C=O) groups is 1. The molecule has 23 heavy (non-hydrogen) atoms. The molecule has 0 radical (unpaired) electrons. The third-order valence-corrected chi connectivity index (χ3v) is 4.77. The van der Waals surface area contributed by atoms with Gasteiger partial charge in [-0.1, -0.05) is 6.42 Å². The topological polar surface area (TPSA) is 73.6 Å². The number of nitrogens with one attached hydrogen (secondary N) is 1. The SMILES string of the molecule is N=C1COCCN1C(C(=O)O)(c1cc(F)cc(F)c1)C1CCC1. The maximum Gasteiger partial charge on any atom is 0.334 e. The monoisotopic (exact) mass is 324 g/mol. The van der Waals surface area contributed by atoms with E-state index in [0.29, 0.717) is 12.8 Å². The van der Waals surface area contributed by atoms with E-state index in [-0.39, 0.29) is 37.1 Å². The van der Waals surface area contributed by atoms with Gasteiger partial charge in [-0.25, -0.2) is 13.6 Å². The highest BCUT2D eigenvalue weighted by atomic mass is 19.1. The molecule has 1 aromatic rings. The van der Waals surface area contributed by atoms with E-state index in [1.807, 2.05) is 0 Å². The molecule has 7 heteroatoms. The smallest absolute Gasteiger partial charge is 0.334 e. The summed E-state index contributed by atoms with van der Waals surface area (Å²) in [6.07, 6.45) is 2.17. The lowest BCUT2D eigenvalue weighted by Crippen LogP contribution is -2.63. The predicted octanol–water partition coefficient (Wildman–Crippen LogP) is 2.35. The first-order chi connectivity index (χ1) is 11.0. The molecular formula is C16H18F2N2O3. The Balaban J connectivity index is 2.19. The van der Waals surface area contributed by atoms with Gasteiger partial charge < -0.3 is 14.7 Å². The molecule has 1 unspecified atom stereocenters. The van der Waals surface area contributed by atoms with Crippen LogP contribution in [0, 0.1) is 23.0 Å². The molecule has 0 amide bonds. The van der Waals surface area contributed by atoms with Crippen molar-refractivity contribution in [2.45, 2.75) is 24.8 Å². The zero-order valence-corrected chi connectivity index (χ0v) is 12.5. The third kappa shape index (κ3) is 2.49. The van der Waals surface area contributed by atoms with Crippen molar-refractivity contribution in [2.24, 2.45) is 5.92 Å². The van der Waals surface area contributed by atoms with Crippen molar-refractivity contribution >= 4 is 11.8 Å². The minimum absolute atomic E-state index is 0.000449. The molecule has 0 bridgehead atoms. The van der Waals surface area contributed by atoms with Gasteiger partial charge in [0.15, 0.2) is 5.54 Å². The molecule has 2 N–H and O–H groups in total. The molecule has 0 aromatic heterocycles. The van der Waals surface area contributed by atoms with Gasteiger partial charge in [-0.15, -0.1) is 0 Å². The molecule has 1 aliphatic heterocycles. The summed E-state index contributed by atoms with van der Waals surface area (Å²) in [6, 6.07) is 2.86. The Morgan fingerprint density at radius 1 is 1.30 bits per heavy atom. The average Bonchev–Trinajstić information content (AvgIpc) is 2.42. The van der Waals surface area contributed by atoms with Crippen molar-refractivity contribution in [3.8, 4) is 0 Å². The molecule has 1 atom stereocenters. The highest BCUT2D eigenvalue weighted by molar-refractivity contribution is 5.90. The fourth-order valence-electron chi connectivity index (χ4n) is 3.55.